The Morgan fingerprint density at radius 1 is 1.06 bits per heavy atom. The summed E-state index contributed by atoms with van der Waals surface area (Å²) in [6.07, 6.45) is 1.49. The van der Waals surface area contributed by atoms with Crippen LogP contribution in [0.15, 0.2) is 63.9 Å². The number of benzene rings is 2. The van der Waals surface area contributed by atoms with Gasteiger partial charge < -0.3 is 9.52 Å². The van der Waals surface area contributed by atoms with Gasteiger partial charge in [0.1, 0.15) is 11.5 Å². The maximum Gasteiger partial charge on any atom is 0.337 e. The summed E-state index contributed by atoms with van der Waals surface area (Å²) in [4.78, 5) is 37.5. The first-order valence-corrected chi connectivity index (χ1v) is 10.5. The molecular formula is C22H13Cl2NO5S. The third-order valence-electron chi connectivity index (χ3n) is 4.54. The fourth-order valence-electron chi connectivity index (χ4n) is 2.99. The zero-order chi connectivity index (χ0) is 22.1. The molecule has 9 heteroatoms. The molecule has 1 aliphatic heterocycles. The minimum atomic E-state index is -1.12. The number of carboxylic acids is 1. The van der Waals surface area contributed by atoms with Crippen molar-refractivity contribution in [3.63, 3.8) is 0 Å². The number of thioether (sulfide) groups is 1. The van der Waals surface area contributed by atoms with E-state index in [0.29, 0.717) is 27.7 Å². The summed E-state index contributed by atoms with van der Waals surface area (Å²) in [6, 6.07) is 14.8. The standard InChI is InChI=1S/C22H13Cl2NO5S/c23-16-4-2-1-3-13(16)11-25-20(26)19(31-22(25)29)10-14-6-8-18(30-14)12-5-7-15(21(27)28)17(24)9-12/h1-10H,11H2,(H,27,28)/b19-10-. The summed E-state index contributed by atoms with van der Waals surface area (Å²) in [5.74, 6) is -0.733. The molecule has 0 atom stereocenters. The number of furan rings is 1. The van der Waals surface area contributed by atoms with Gasteiger partial charge in [0, 0.05) is 16.7 Å². The van der Waals surface area contributed by atoms with Gasteiger partial charge in [-0.2, -0.15) is 0 Å². The molecular weight excluding hydrogens is 461 g/mol. The van der Waals surface area contributed by atoms with E-state index in [2.05, 4.69) is 0 Å². The monoisotopic (exact) mass is 473 g/mol. The fraction of sp³-hybridized carbons (Fsp3) is 0.0455. The van der Waals surface area contributed by atoms with Gasteiger partial charge in [0.25, 0.3) is 11.1 Å². The third-order valence-corrected chi connectivity index (χ3v) is 6.13. The average Bonchev–Trinajstić information content (AvgIpc) is 3.29. The summed E-state index contributed by atoms with van der Waals surface area (Å²) >= 11 is 13.0. The summed E-state index contributed by atoms with van der Waals surface area (Å²) in [5.41, 5.74) is 1.25. The maximum absolute atomic E-state index is 12.7. The van der Waals surface area contributed by atoms with Crippen LogP contribution >= 0.6 is 35.0 Å². The molecule has 1 saturated heterocycles. The second kappa shape index (κ2) is 8.63. The Balaban J connectivity index is 1.55. The van der Waals surface area contributed by atoms with Crippen LogP contribution in [0.2, 0.25) is 10.0 Å². The van der Waals surface area contributed by atoms with Gasteiger partial charge in [0.2, 0.25) is 0 Å². The van der Waals surface area contributed by atoms with Crippen molar-refractivity contribution in [2.45, 2.75) is 6.54 Å². The smallest absolute Gasteiger partial charge is 0.337 e. The largest absolute Gasteiger partial charge is 0.478 e. The van der Waals surface area contributed by atoms with E-state index in [-0.39, 0.29) is 27.3 Å². The highest BCUT2D eigenvalue weighted by atomic mass is 35.5. The number of carbonyl (C=O) groups is 3. The van der Waals surface area contributed by atoms with Gasteiger partial charge in [-0.25, -0.2) is 4.79 Å². The van der Waals surface area contributed by atoms with Crippen molar-refractivity contribution in [3.8, 4) is 11.3 Å². The van der Waals surface area contributed by atoms with E-state index in [4.69, 9.17) is 32.7 Å². The summed E-state index contributed by atoms with van der Waals surface area (Å²) < 4.78 is 5.74. The van der Waals surface area contributed by atoms with Crippen molar-refractivity contribution >= 4 is 58.2 Å². The molecule has 2 aromatic carbocycles. The van der Waals surface area contributed by atoms with Crippen molar-refractivity contribution in [1.29, 1.82) is 0 Å². The van der Waals surface area contributed by atoms with Gasteiger partial charge >= 0.3 is 5.97 Å². The molecule has 6 nitrogen and oxygen atoms in total. The number of carboxylic acid groups (broad SMARTS) is 1. The molecule has 2 heterocycles. The zero-order valence-electron chi connectivity index (χ0n) is 15.7. The lowest BCUT2D eigenvalue weighted by Gasteiger charge is -2.13. The zero-order valence-corrected chi connectivity index (χ0v) is 18.0. The van der Waals surface area contributed by atoms with Crippen LogP contribution in [-0.4, -0.2) is 27.1 Å². The van der Waals surface area contributed by atoms with E-state index in [1.807, 2.05) is 0 Å². The Kier molecular flexibility index (Phi) is 5.91. The lowest BCUT2D eigenvalue weighted by molar-refractivity contribution is -0.123. The quantitative estimate of drug-likeness (QED) is 0.444. The molecule has 31 heavy (non-hydrogen) atoms. The highest BCUT2D eigenvalue weighted by molar-refractivity contribution is 8.18. The summed E-state index contributed by atoms with van der Waals surface area (Å²) in [7, 11) is 0. The number of hydrogen-bond acceptors (Lipinski definition) is 5. The molecule has 0 bridgehead atoms. The molecule has 0 saturated carbocycles. The number of aromatic carboxylic acids is 1. The molecule has 0 unspecified atom stereocenters. The number of rotatable bonds is 5. The molecule has 0 aliphatic carbocycles. The molecule has 0 spiro atoms. The second-order valence-electron chi connectivity index (χ2n) is 6.56. The number of halogens is 2. The van der Waals surface area contributed by atoms with E-state index in [1.165, 1.54) is 18.2 Å². The number of imide groups is 1. The average molecular weight is 474 g/mol. The Labute approximate surface area is 191 Å². The SMILES string of the molecule is O=C(O)c1ccc(-c2ccc(/C=C3\SC(=O)N(Cc4ccccc4Cl)C3=O)o2)cc1Cl. The van der Waals surface area contributed by atoms with E-state index in [9.17, 15) is 14.4 Å². The fourth-order valence-corrected chi connectivity index (χ4v) is 4.27. The van der Waals surface area contributed by atoms with Gasteiger partial charge in [-0.05, 0) is 47.7 Å². The molecule has 4 rings (SSSR count). The van der Waals surface area contributed by atoms with Crippen molar-refractivity contribution < 1.29 is 23.9 Å². The van der Waals surface area contributed by atoms with E-state index < -0.39 is 11.9 Å². The minimum Gasteiger partial charge on any atom is -0.478 e. The molecule has 1 N–H and O–H groups in total. The number of hydrogen-bond donors (Lipinski definition) is 1. The van der Waals surface area contributed by atoms with Crippen LogP contribution in [-0.2, 0) is 11.3 Å². The van der Waals surface area contributed by atoms with Crippen LogP contribution in [0, 0.1) is 0 Å². The molecule has 1 fully saturated rings. The van der Waals surface area contributed by atoms with Gasteiger partial charge in [0.15, 0.2) is 0 Å². The first-order chi connectivity index (χ1) is 14.8. The van der Waals surface area contributed by atoms with Gasteiger partial charge in [-0.15, -0.1) is 0 Å². The lowest BCUT2D eigenvalue weighted by Crippen LogP contribution is -2.27. The summed E-state index contributed by atoms with van der Waals surface area (Å²) in [6.45, 7) is 0.0828. The van der Waals surface area contributed by atoms with Crippen molar-refractivity contribution in [3.05, 3.63) is 86.4 Å². The summed E-state index contributed by atoms with van der Waals surface area (Å²) in [5, 5.41) is 9.26. The van der Waals surface area contributed by atoms with Crippen molar-refractivity contribution in [1.82, 2.24) is 4.90 Å². The first kappa shape index (κ1) is 21.2. The van der Waals surface area contributed by atoms with Crippen LogP contribution in [0.25, 0.3) is 17.4 Å². The predicted octanol–water partition coefficient (Wildman–Crippen LogP) is 6.19. The van der Waals surface area contributed by atoms with Crippen molar-refractivity contribution in [2.24, 2.45) is 0 Å². The number of amides is 2. The Hall–Kier alpha value is -3.00. The van der Waals surface area contributed by atoms with Gasteiger partial charge in [0.05, 0.1) is 22.0 Å². The molecule has 1 aliphatic rings. The van der Waals surface area contributed by atoms with E-state index in [0.717, 1.165) is 16.7 Å². The maximum atomic E-state index is 12.7. The Morgan fingerprint density at radius 3 is 2.55 bits per heavy atom. The van der Waals surface area contributed by atoms with Gasteiger partial charge in [-0.1, -0.05) is 47.5 Å². The van der Waals surface area contributed by atoms with Crippen LogP contribution < -0.4 is 0 Å². The first-order valence-electron chi connectivity index (χ1n) is 8.95. The molecule has 156 valence electrons. The molecule has 0 radical (unpaired) electrons. The van der Waals surface area contributed by atoms with Gasteiger partial charge in [-0.3, -0.25) is 14.5 Å². The minimum absolute atomic E-state index is 0.00982. The highest BCUT2D eigenvalue weighted by Gasteiger charge is 2.35. The Bertz CT molecular complexity index is 1250. The van der Waals surface area contributed by atoms with Crippen LogP contribution in [0.1, 0.15) is 21.7 Å². The van der Waals surface area contributed by atoms with Crippen LogP contribution in [0.4, 0.5) is 4.79 Å². The topological polar surface area (TPSA) is 87.8 Å². The van der Waals surface area contributed by atoms with Crippen LogP contribution in [0.5, 0.6) is 0 Å². The van der Waals surface area contributed by atoms with Crippen LogP contribution in [0.3, 0.4) is 0 Å². The highest BCUT2D eigenvalue weighted by Crippen LogP contribution is 2.35. The lowest BCUT2D eigenvalue weighted by atomic mass is 10.1. The van der Waals surface area contributed by atoms with E-state index >= 15 is 0 Å². The van der Waals surface area contributed by atoms with E-state index in [1.54, 1.807) is 42.5 Å². The molecule has 2 amide bonds. The molecule has 1 aromatic heterocycles. The third kappa shape index (κ3) is 4.39. The number of carbonyl (C=O) groups excluding carboxylic acids is 2. The number of nitrogens with zero attached hydrogens (tertiary/aromatic N) is 1. The normalized spacial score (nSPS) is 15.2. The van der Waals surface area contributed by atoms with Crippen molar-refractivity contribution in [2.75, 3.05) is 0 Å². The molecule has 3 aromatic rings. The Morgan fingerprint density at radius 2 is 1.84 bits per heavy atom. The predicted molar refractivity (Wildman–Crippen MR) is 119 cm³/mol. The second-order valence-corrected chi connectivity index (χ2v) is 8.37.